The van der Waals surface area contributed by atoms with Crippen LogP contribution in [0.2, 0.25) is 18.1 Å². The Bertz CT molecular complexity index is 477. The first-order chi connectivity index (χ1) is 8.20. The van der Waals surface area contributed by atoms with Gasteiger partial charge in [-0.2, -0.15) is 0 Å². The molecular weight excluding hydrogens is 232 g/mol. The van der Waals surface area contributed by atoms with E-state index in [4.69, 9.17) is 0 Å². The van der Waals surface area contributed by atoms with E-state index in [1.54, 1.807) is 5.56 Å². The minimum atomic E-state index is -1.47. The topological polar surface area (TPSA) is 0 Å². The second kappa shape index (κ2) is 4.09. The summed E-state index contributed by atoms with van der Waals surface area (Å²) in [7, 11) is -1.47. The minimum absolute atomic E-state index is 0.250. The summed E-state index contributed by atoms with van der Waals surface area (Å²) >= 11 is 0. The first-order valence-electron chi connectivity index (χ1n) is 6.96. The molecule has 18 heavy (non-hydrogen) atoms. The van der Waals surface area contributed by atoms with Crippen LogP contribution in [0.15, 0.2) is 36.4 Å². The minimum Gasteiger partial charge on any atom is -0.0835 e. The Hall–Kier alpha value is -0.823. The van der Waals surface area contributed by atoms with E-state index in [9.17, 15) is 0 Å². The van der Waals surface area contributed by atoms with Crippen LogP contribution in [0, 0.1) is 0 Å². The van der Waals surface area contributed by atoms with Crippen molar-refractivity contribution >= 4 is 8.07 Å². The summed E-state index contributed by atoms with van der Waals surface area (Å²) < 4.78 is 0. The van der Waals surface area contributed by atoms with Crippen LogP contribution < -0.4 is 0 Å². The molecule has 0 heterocycles. The normalized spacial score (nSPS) is 23.9. The molecule has 0 aromatic heterocycles. The molecule has 0 aliphatic heterocycles. The molecule has 0 bridgehead atoms. The molecule has 1 aliphatic rings. The van der Waals surface area contributed by atoms with Gasteiger partial charge in [0.25, 0.3) is 0 Å². The van der Waals surface area contributed by atoms with Crippen LogP contribution in [-0.2, 0) is 11.5 Å². The Morgan fingerprint density at radius 1 is 1.11 bits per heavy atom. The average molecular weight is 258 g/mol. The van der Waals surface area contributed by atoms with E-state index in [-0.39, 0.29) is 5.04 Å². The molecule has 1 unspecified atom stereocenters. The molecule has 0 fully saturated rings. The molecule has 0 amide bonds. The van der Waals surface area contributed by atoms with Crippen molar-refractivity contribution in [3.63, 3.8) is 0 Å². The Kier molecular flexibility index (Phi) is 3.09. The molecule has 0 saturated carbocycles. The van der Waals surface area contributed by atoms with Crippen molar-refractivity contribution in [3.05, 3.63) is 47.5 Å². The lowest BCUT2D eigenvalue weighted by molar-refractivity contribution is 0.645. The highest BCUT2D eigenvalue weighted by Crippen LogP contribution is 2.50. The Balaban J connectivity index is 2.62. The molecule has 0 nitrogen and oxygen atoms in total. The Morgan fingerprint density at radius 2 is 1.72 bits per heavy atom. The SMILES string of the molecule is CC(C)(C)[Si](C)(C)C1(C)C=CCc2ccccc21. The quantitative estimate of drug-likeness (QED) is 0.485. The third-order valence-corrected chi connectivity index (χ3v) is 12.3. The van der Waals surface area contributed by atoms with E-state index in [0.717, 1.165) is 6.42 Å². The van der Waals surface area contributed by atoms with Crippen molar-refractivity contribution in [1.29, 1.82) is 0 Å². The summed E-state index contributed by atoms with van der Waals surface area (Å²) in [6.07, 6.45) is 5.97. The van der Waals surface area contributed by atoms with Crippen molar-refractivity contribution in [2.45, 2.75) is 57.3 Å². The average Bonchev–Trinajstić information content (AvgIpc) is 2.28. The van der Waals surface area contributed by atoms with Gasteiger partial charge < -0.3 is 0 Å². The fourth-order valence-corrected chi connectivity index (χ4v) is 6.05. The molecule has 0 N–H and O–H groups in total. The molecule has 0 saturated heterocycles. The lowest BCUT2D eigenvalue weighted by Crippen LogP contribution is -2.55. The van der Waals surface area contributed by atoms with Crippen molar-refractivity contribution in [2.75, 3.05) is 0 Å². The number of allylic oxidation sites excluding steroid dienone is 2. The molecule has 1 heteroatoms. The molecule has 0 spiro atoms. The maximum atomic E-state index is 2.54. The second-order valence-electron chi connectivity index (χ2n) is 7.34. The summed E-state index contributed by atoms with van der Waals surface area (Å²) in [6.45, 7) is 14.8. The monoisotopic (exact) mass is 258 g/mol. The molecule has 2 rings (SSSR count). The van der Waals surface area contributed by atoms with Gasteiger partial charge in [0.1, 0.15) is 0 Å². The maximum absolute atomic E-state index is 2.54. The summed E-state index contributed by atoms with van der Waals surface area (Å²) in [5.74, 6) is 0. The lowest BCUT2D eigenvalue weighted by atomic mass is 9.88. The zero-order valence-corrected chi connectivity index (χ0v) is 13.7. The molecule has 1 aliphatic carbocycles. The van der Waals surface area contributed by atoms with Gasteiger partial charge in [0.05, 0.1) is 8.07 Å². The van der Waals surface area contributed by atoms with E-state index in [0.29, 0.717) is 5.04 Å². The van der Waals surface area contributed by atoms with Crippen LogP contribution in [0.1, 0.15) is 38.8 Å². The predicted octanol–water partition coefficient (Wildman–Crippen LogP) is 5.10. The molecule has 98 valence electrons. The zero-order valence-electron chi connectivity index (χ0n) is 12.7. The van der Waals surface area contributed by atoms with Crippen LogP contribution in [0.3, 0.4) is 0 Å². The van der Waals surface area contributed by atoms with E-state index in [2.05, 4.69) is 77.2 Å². The van der Waals surface area contributed by atoms with Gasteiger partial charge in [-0.15, -0.1) is 0 Å². The number of hydrogen-bond donors (Lipinski definition) is 0. The summed E-state index contributed by atoms with van der Waals surface area (Å²) in [4.78, 5) is 0. The fourth-order valence-electron chi connectivity index (χ4n) is 3.04. The number of hydrogen-bond acceptors (Lipinski definition) is 0. The highest BCUT2D eigenvalue weighted by molar-refractivity contribution is 6.83. The number of fused-ring (bicyclic) bond motifs is 1. The van der Waals surface area contributed by atoms with Gasteiger partial charge >= 0.3 is 0 Å². The molecule has 0 radical (unpaired) electrons. The van der Waals surface area contributed by atoms with Crippen molar-refractivity contribution < 1.29 is 0 Å². The van der Waals surface area contributed by atoms with Crippen LogP contribution >= 0.6 is 0 Å². The highest BCUT2D eigenvalue weighted by atomic mass is 28.3. The summed E-state index contributed by atoms with van der Waals surface area (Å²) in [6, 6.07) is 9.01. The molecular formula is C17H26Si. The molecule has 1 aromatic rings. The molecule has 1 atom stereocenters. The smallest absolute Gasteiger partial charge is 0.0684 e. The van der Waals surface area contributed by atoms with Crippen LogP contribution in [0.25, 0.3) is 0 Å². The first kappa shape index (κ1) is 13.6. The van der Waals surface area contributed by atoms with Crippen LogP contribution in [0.4, 0.5) is 0 Å². The van der Waals surface area contributed by atoms with Gasteiger partial charge in [-0.1, -0.05) is 77.2 Å². The van der Waals surface area contributed by atoms with Crippen LogP contribution in [0.5, 0.6) is 0 Å². The predicted molar refractivity (Wildman–Crippen MR) is 83.8 cm³/mol. The van der Waals surface area contributed by atoms with Gasteiger partial charge in [-0.05, 0) is 22.6 Å². The van der Waals surface area contributed by atoms with Gasteiger partial charge in [-0.25, -0.2) is 0 Å². The number of rotatable bonds is 1. The second-order valence-corrected chi connectivity index (χ2v) is 13.1. The summed E-state index contributed by atoms with van der Waals surface area (Å²) in [5, 5.41) is 0.649. The van der Waals surface area contributed by atoms with E-state index < -0.39 is 8.07 Å². The molecule has 1 aromatic carbocycles. The first-order valence-corrected chi connectivity index (χ1v) is 9.96. The third kappa shape index (κ3) is 1.80. The van der Waals surface area contributed by atoms with Crippen LogP contribution in [-0.4, -0.2) is 8.07 Å². The third-order valence-electron chi connectivity index (χ3n) is 5.54. The highest BCUT2D eigenvalue weighted by Gasteiger charge is 2.50. The van der Waals surface area contributed by atoms with Gasteiger partial charge in [0.2, 0.25) is 0 Å². The summed E-state index contributed by atoms with van der Waals surface area (Å²) in [5.41, 5.74) is 3.09. The van der Waals surface area contributed by atoms with Gasteiger partial charge in [0.15, 0.2) is 0 Å². The lowest BCUT2D eigenvalue weighted by Gasteiger charge is -2.51. The Morgan fingerprint density at radius 3 is 2.33 bits per heavy atom. The maximum Gasteiger partial charge on any atom is 0.0684 e. The van der Waals surface area contributed by atoms with Crippen molar-refractivity contribution in [1.82, 2.24) is 0 Å². The largest absolute Gasteiger partial charge is 0.0835 e. The van der Waals surface area contributed by atoms with E-state index >= 15 is 0 Å². The Labute approximate surface area is 113 Å². The fraction of sp³-hybridized carbons (Fsp3) is 0.529. The number of benzene rings is 1. The van der Waals surface area contributed by atoms with E-state index in [1.165, 1.54) is 5.56 Å². The van der Waals surface area contributed by atoms with Gasteiger partial charge in [-0.3, -0.25) is 0 Å². The zero-order chi connectivity index (χ0) is 13.6. The standard InChI is InChI=1S/C17H26Si/c1-16(2,3)18(5,6)17(4)13-9-11-14-10-7-8-12-15(14)17/h7-10,12-13H,11H2,1-6H3. The van der Waals surface area contributed by atoms with Gasteiger partial charge in [0, 0.05) is 5.04 Å². The van der Waals surface area contributed by atoms with Crippen molar-refractivity contribution in [2.24, 2.45) is 0 Å². The van der Waals surface area contributed by atoms with E-state index in [1.807, 2.05) is 0 Å². The van der Waals surface area contributed by atoms with Crippen molar-refractivity contribution in [3.8, 4) is 0 Å².